The molecule has 0 bridgehead atoms. The highest BCUT2D eigenvalue weighted by atomic mass is 35.5. The monoisotopic (exact) mass is 403 g/mol. The maximum Gasteiger partial charge on any atom is 0.282 e. The molecule has 1 aliphatic heterocycles. The zero-order chi connectivity index (χ0) is 20.1. The number of nitro benzene ring substituents is 1. The molecule has 146 valence electrons. The molecule has 2 amide bonds. The van der Waals surface area contributed by atoms with E-state index in [1.54, 1.807) is 29.2 Å². The fourth-order valence-electron chi connectivity index (χ4n) is 2.85. The lowest BCUT2D eigenvalue weighted by Gasteiger charge is -2.26. The highest BCUT2D eigenvalue weighted by molar-refractivity contribution is 6.31. The van der Waals surface area contributed by atoms with E-state index in [4.69, 9.17) is 16.3 Å². The van der Waals surface area contributed by atoms with Crippen LogP contribution in [-0.2, 0) is 16.0 Å². The Hall–Kier alpha value is -2.97. The molecule has 9 heteroatoms. The van der Waals surface area contributed by atoms with Gasteiger partial charge in [0.25, 0.3) is 11.6 Å². The highest BCUT2D eigenvalue weighted by Crippen LogP contribution is 2.24. The van der Waals surface area contributed by atoms with E-state index in [-0.39, 0.29) is 28.6 Å². The minimum absolute atomic E-state index is 0.0228. The van der Waals surface area contributed by atoms with Gasteiger partial charge < -0.3 is 15.0 Å². The number of halogens is 1. The van der Waals surface area contributed by atoms with Crippen molar-refractivity contribution in [2.45, 2.75) is 6.42 Å². The molecule has 1 N–H and O–H groups in total. The molecule has 1 fully saturated rings. The van der Waals surface area contributed by atoms with E-state index >= 15 is 0 Å². The van der Waals surface area contributed by atoms with Crippen LogP contribution in [0, 0.1) is 10.1 Å². The van der Waals surface area contributed by atoms with E-state index < -0.39 is 10.8 Å². The van der Waals surface area contributed by atoms with Gasteiger partial charge in [0.1, 0.15) is 5.56 Å². The van der Waals surface area contributed by atoms with Crippen molar-refractivity contribution in [3.63, 3.8) is 0 Å². The van der Waals surface area contributed by atoms with E-state index in [0.717, 1.165) is 5.56 Å². The molecule has 0 spiro atoms. The van der Waals surface area contributed by atoms with Gasteiger partial charge in [0.05, 0.1) is 24.6 Å². The van der Waals surface area contributed by atoms with Crippen LogP contribution in [-0.4, -0.2) is 47.9 Å². The van der Waals surface area contributed by atoms with Crippen molar-refractivity contribution in [1.29, 1.82) is 0 Å². The lowest BCUT2D eigenvalue weighted by atomic mass is 10.1. The van der Waals surface area contributed by atoms with Crippen LogP contribution < -0.4 is 5.32 Å². The Morgan fingerprint density at radius 2 is 1.82 bits per heavy atom. The molecule has 8 nitrogen and oxygen atoms in total. The molecule has 2 aromatic carbocycles. The van der Waals surface area contributed by atoms with Gasteiger partial charge in [-0.2, -0.15) is 0 Å². The second kappa shape index (κ2) is 8.81. The van der Waals surface area contributed by atoms with Crippen LogP contribution in [0.15, 0.2) is 42.5 Å². The van der Waals surface area contributed by atoms with Gasteiger partial charge in [-0.1, -0.05) is 23.7 Å². The third-order valence-electron chi connectivity index (χ3n) is 4.33. The van der Waals surface area contributed by atoms with Crippen LogP contribution in [0.4, 0.5) is 11.4 Å². The largest absolute Gasteiger partial charge is 0.378 e. The molecule has 1 heterocycles. The summed E-state index contributed by atoms with van der Waals surface area (Å²) in [7, 11) is 0. The average molecular weight is 404 g/mol. The third-order valence-corrected chi connectivity index (χ3v) is 4.57. The Morgan fingerprint density at radius 1 is 1.14 bits per heavy atom. The molecule has 0 saturated carbocycles. The first-order valence-electron chi connectivity index (χ1n) is 8.64. The van der Waals surface area contributed by atoms with Gasteiger partial charge in [-0.25, -0.2) is 0 Å². The standard InChI is InChI=1S/C19H18ClN3O5/c20-14-3-6-17(23(26)27)16(12-14)19(25)21-15-4-1-13(2-5-15)11-18(24)22-7-9-28-10-8-22/h1-6,12H,7-11H2,(H,21,25). The van der Waals surface area contributed by atoms with E-state index in [0.29, 0.717) is 32.0 Å². The van der Waals surface area contributed by atoms with Crippen LogP contribution in [0.5, 0.6) is 0 Å². The number of rotatable bonds is 5. The summed E-state index contributed by atoms with van der Waals surface area (Å²) >= 11 is 5.86. The predicted octanol–water partition coefficient (Wildman–Crippen LogP) is 2.90. The number of anilines is 1. The van der Waals surface area contributed by atoms with Crippen molar-refractivity contribution in [3.05, 3.63) is 68.7 Å². The Morgan fingerprint density at radius 3 is 2.46 bits per heavy atom. The number of amides is 2. The van der Waals surface area contributed by atoms with Crippen LogP contribution in [0.3, 0.4) is 0 Å². The number of benzene rings is 2. The summed E-state index contributed by atoms with van der Waals surface area (Å²) in [5.74, 6) is -0.610. The van der Waals surface area contributed by atoms with E-state index in [2.05, 4.69) is 5.32 Å². The molecule has 3 rings (SSSR count). The summed E-state index contributed by atoms with van der Waals surface area (Å²) < 4.78 is 5.24. The van der Waals surface area contributed by atoms with Gasteiger partial charge in [-0.05, 0) is 29.8 Å². The van der Waals surface area contributed by atoms with Gasteiger partial charge in [-0.3, -0.25) is 19.7 Å². The maximum absolute atomic E-state index is 12.4. The second-order valence-corrected chi connectivity index (χ2v) is 6.68. The summed E-state index contributed by atoms with van der Waals surface area (Å²) in [6, 6.07) is 10.6. The second-order valence-electron chi connectivity index (χ2n) is 6.24. The number of carbonyl (C=O) groups is 2. The van der Waals surface area contributed by atoms with Gasteiger partial charge in [0.15, 0.2) is 0 Å². The van der Waals surface area contributed by atoms with Crippen molar-refractivity contribution < 1.29 is 19.2 Å². The van der Waals surface area contributed by atoms with Crippen molar-refractivity contribution in [3.8, 4) is 0 Å². The molecule has 28 heavy (non-hydrogen) atoms. The van der Waals surface area contributed by atoms with Crippen molar-refractivity contribution in [2.75, 3.05) is 31.6 Å². The minimum atomic E-state index is -0.633. The first-order chi connectivity index (χ1) is 13.4. The van der Waals surface area contributed by atoms with E-state index in [1.165, 1.54) is 18.2 Å². The molecule has 0 radical (unpaired) electrons. The smallest absolute Gasteiger partial charge is 0.282 e. The molecule has 0 atom stereocenters. The number of hydrogen-bond acceptors (Lipinski definition) is 5. The van der Waals surface area contributed by atoms with E-state index in [1.807, 2.05) is 0 Å². The first kappa shape index (κ1) is 19.8. The number of carbonyl (C=O) groups excluding carboxylic acids is 2. The average Bonchev–Trinajstić information content (AvgIpc) is 2.69. The van der Waals surface area contributed by atoms with E-state index in [9.17, 15) is 19.7 Å². The van der Waals surface area contributed by atoms with Gasteiger partial charge in [0.2, 0.25) is 5.91 Å². The summed E-state index contributed by atoms with van der Waals surface area (Å²) in [4.78, 5) is 36.9. The van der Waals surface area contributed by atoms with Crippen molar-refractivity contribution >= 4 is 34.8 Å². The highest BCUT2D eigenvalue weighted by Gasteiger charge is 2.21. The SMILES string of the molecule is O=C(Nc1ccc(CC(=O)N2CCOCC2)cc1)c1cc(Cl)ccc1[N+](=O)[O-]. The zero-order valence-electron chi connectivity index (χ0n) is 14.9. The Labute approximate surface area is 166 Å². The van der Waals surface area contributed by atoms with Gasteiger partial charge >= 0.3 is 0 Å². The fraction of sp³-hybridized carbons (Fsp3) is 0.263. The quantitative estimate of drug-likeness (QED) is 0.611. The molecule has 2 aromatic rings. The predicted molar refractivity (Wildman–Crippen MR) is 104 cm³/mol. The fourth-order valence-corrected chi connectivity index (χ4v) is 3.02. The number of ether oxygens (including phenoxy) is 1. The number of nitro groups is 1. The van der Waals surface area contributed by atoms with Crippen molar-refractivity contribution in [2.24, 2.45) is 0 Å². The number of nitrogens with zero attached hydrogens (tertiary/aromatic N) is 2. The van der Waals surface area contributed by atoms with Crippen LogP contribution >= 0.6 is 11.6 Å². The molecule has 0 aromatic heterocycles. The third kappa shape index (κ3) is 4.85. The molecular formula is C19H18ClN3O5. The summed E-state index contributed by atoms with van der Waals surface area (Å²) in [6.45, 7) is 2.27. The number of morpholine rings is 1. The van der Waals surface area contributed by atoms with Crippen LogP contribution in [0.25, 0.3) is 0 Å². The molecule has 0 unspecified atom stereocenters. The lowest BCUT2D eigenvalue weighted by molar-refractivity contribution is -0.385. The van der Waals surface area contributed by atoms with Gasteiger partial charge in [-0.15, -0.1) is 0 Å². The first-order valence-corrected chi connectivity index (χ1v) is 9.01. The van der Waals surface area contributed by atoms with Crippen LogP contribution in [0.2, 0.25) is 5.02 Å². The lowest BCUT2D eigenvalue weighted by Crippen LogP contribution is -2.41. The Balaban J connectivity index is 1.66. The maximum atomic E-state index is 12.4. The summed E-state index contributed by atoms with van der Waals surface area (Å²) in [5.41, 5.74) is 0.823. The molecule has 1 aliphatic rings. The molecule has 0 aliphatic carbocycles. The summed E-state index contributed by atoms with van der Waals surface area (Å²) in [6.07, 6.45) is 0.258. The summed E-state index contributed by atoms with van der Waals surface area (Å²) in [5, 5.41) is 13.9. The van der Waals surface area contributed by atoms with Gasteiger partial charge in [0, 0.05) is 29.9 Å². The molecular weight excluding hydrogens is 386 g/mol. The normalized spacial score (nSPS) is 13.8. The van der Waals surface area contributed by atoms with Crippen molar-refractivity contribution in [1.82, 2.24) is 4.90 Å². The molecule has 1 saturated heterocycles. The van der Waals surface area contributed by atoms with Crippen LogP contribution in [0.1, 0.15) is 15.9 Å². The topological polar surface area (TPSA) is 102 Å². The Bertz CT molecular complexity index is 895. The minimum Gasteiger partial charge on any atom is -0.378 e. The Kier molecular flexibility index (Phi) is 6.23. The number of nitrogens with one attached hydrogen (secondary N) is 1. The zero-order valence-corrected chi connectivity index (χ0v) is 15.6. The number of hydrogen-bond donors (Lipinski definition) is 1.